The largest absolute Gasteiger partial charge is 0.480 e. The number of likely N-dealkylation sites (N-methyl/N-ethyl adjacent to an activating group) is 1. The smallest absolute Gasteiger partial charge is 0.329 e. The predicted molar refractivity (Wildman–Crippen MR) is 73.1 cm³/mol. The summed E-state index contributed by atoms with van der Waals surface area (Å²) >= 11 is 0. The van der Waals surface area contributed by atoms with Crippen molar-refractivity contribution >= 4 is 12.0 Å². The maximum atomic E-state index is 12.2. The zero-order valence-electron chi connectivity index (χ0n) is 12.3. The van der Waals surface area contributed by atoms with E-state index in [4.69, 9.17) is 0 Å². The molecule has 1 aliphatic rings. The van der Waals surface area contributed by atoms with Gasteiger partial charge >= 0.3 is 12.0 Å². The fourth-order valence-corrected chi connectivity index (χ4v) is 2.32. The Morgan fingerprint density at radius 3 is 2.58 bits per heavy atom. The molecule has 6 nitrogen and oxygen atoms in total. The van der Waals surface area contributed by atoms with Gasteiger partial charge in [-0.1, -0.05) is 6.92 Å². The SMILES string of the molecule is CCC(C)(NC(=O)N1CCCC1CN(C)C)C(=O)O. The van der Waals surface area contributed by atoms with Gasteiger partial charge in [0.1, 0.15) is 5.54 Å². The second-order valence-corrected chi connectivity index (χ2v) is 5.67. The van der Waals surface area contributed by atoms with Crippen LogP contribution in [-0.4, -0.2) is 65.7 Å². The van der Waals surface area contributed by atoms with E-state index in [0.29, 0.717) is 13.0 Å². The van der Waals surface area contributed by atoms with E-state index in [1.807, 2.05) is 19.0 Å². The van der Waals surface area contributed by atoms with Crippen LogP contribution in [0.4, 0.5) is 4.79 Å². The molecule has 0 radical (unpaired) electrons. The first-order valence-electron chi connectivity index (χ1n) is 6.77. The summed E-state index contributed by atoms with van der Waals surface area (Å²) in [4.78, 5) is 27.3. The predicted octanol–water partition coefficient (Wildman–Crippen LogP) is 0.975. The summed E-state index contributed by atoms with van der Waals surface area (Å²) in [6, 6.07) is -0.0963. The highest BCUT2D eigenvalue weighted by Crippen LogP contribution is 2.19. The molecule has 0 aromatic carbocycles. The number of rotatable bonds is 5. The fraction of sp³-hybridized carbons (Fsp3) is 0.846. The molecule has 0 saturated carbocycles. The summed E-state index contributed by atoms with van der Waals surface area (Å²) < 4.78 is 0. The van der Waals surface area contributed by atoms with Crippen molar-refractivity contribution in [1.29, 1.82) is 0 Å². The van der Waals surface area contributed by atoms with Gasteiger partial charge in [0, 0.05) is 19.1 Å². The summed E-state index contributed by atoms with van der Waals surface area (Å²) in [6.07, 6.45) is 2.31. The molecule has 2 unspecified atom stereocenters. The van der Waals surface area contributed by atoms with Crippen LogP contribution in [-0.2, 0) is 4.79 Å². The quantitative estimate of drug-likeness (QED) is 0.781. The van der Waals surface area contributed by atoms with Crippen LogP contribution in [0.5, 0.6) is 0 Å². The molecule has 0 spiro atoms. The summed E-state index contributed by atoms with van der Waals surface area (Å²) in [6.45, 7) is 4.81. The van der Waals surface area contributed by atoms with Crippen LogP contribution in [0.1, 0.15) is 33.1 Å². The average molecular weight is 271 g/mol. The molecule has 2 atom stereocenters. The normalized spacial score (nSPS) is 22.4. The lowest BCUT2D eigenvalue weighted by Gasteiger charge is -2.32. The van der Waals surface area contributed by atoms with Crippen molar-refractivity contribution in [3.8, 4) is 0 Å². The molecular formula is C13H25N3O3. The number of nitrogens with zero attached hydrogens (tertiary/aromatic N) is 2. The van der Waals surface area contributed by atoms with Gasteiger partial charge in [0.15, 0.2) is 0 Å². The van der Waals surface area contributed by atoms with Gasteiger partial charge in [-0.05, 0) is 40.3 Å². The van der Waals surface area contributed by atoms with E-state index in [-0.39, 0.29) is 12.1 Å². The zero-order chi connectivity index (χ0) is 14.6. The lowest BCUT2D eigenvalue weighted by atomic mass is 10.00. The molecule has 19 heavy (non-hydrogen) atoms. The van der Waals surface area contributed by atoms with E-state index in [1.54, 1.807) is 18.7 Å². The molecule has 1 heterocycles. The van der Waals surface area contributed by atoms with E-state index >= 15 is 0 Å². The van der Waals surface area contributed by atoms with Crippen LogP contribution in [0, 0.1) is 0 Å². The van der Waals surface area contributed by atoms with Gasteiger partial charge in [0.05, 0.1) is 0 Å². The molecule has 2 amide bonds. The summed E-state index contributed by atoms with van der Waals surface area (Å²) in [5, 5.41) is 11.9. The lowest BCUT2D eigenvalue weighted by Crippen LogP contribution is -2.57. The molecule has 1 fully saturated rings. The molecule has 110 valence electrons. The van der Waals surface area contributed by atoms with Crippen LogP contribution < -0.4 is 5.32 Å². The first kappa shape index (κ1) is 15.8. The first-order valence-corrected chi connectivity index (χ1v) is 6.77. The Morgan fingerprint density at radius 2 is 2.11 bits per heavy atom. The minimum atomic E-state index is -1.19. The topological polar surface area (TPSA) is 72.9 Å². The van der Waals surface area contributed by atoms with Crippen molar-refractivity contribution in [2.45, 2.75) is 44.7 Å². The number of carbonyl (C=O) groups is 2. The molecule has 0 bridgehead atoms. The van der Waals surface area contributed by atoms with Crippen molar-refractivity contribution in [1.82, 2.24) is 15.1 Å². The van der Waals surface area contributed by atoms with Crippen molar-refractivity contribution in [2.24, 2.45) is 0 Å². The third-order valence-corrected chi connectivity index (χ3v) is 3.78. The van der Waals surface area contributed by atoms with Gasteiger partial charge < -0.3 is 20.2 Å². The minimum absolute atomic E-state index is 0.171. The Bertz CT molecular complexity index is 346. The number of nitrogens with one attached hydrogen (secondary N) is 1. The molecule has 1 rings (SSSR count). The Labute approximate surface area is 114 Å². The Morgan fingerprint density at radius 1 is 1.47 bits per heavy atom. The van der Waals surface area contributed by atoms with Crippen molar-refractivity contribution in [2.75, 3.05) is 27.2 Å². The zero-order valence-corrected chi connectivity index (χ0v) is 12.3. The maximum absolute atomic E-state index is 12.2. The van der Waals surface area contributed by atoms with Crippen molar-refractivity contribution in [3.05, 3.63) is 0 Å². The van der Waals surface area contributed by atoms with E-state index in [1.165, 1.54) is 0 Å². The highest BCUT2D eigenvalue weighted by Gasteiger charge is 2.37. The second-order valence-electron chi connectivity index (χ2n) is 5.67. The van der Waals surface area contributed by atoms with Gasteiger partial charge in [-0.25, -0.2) is 9.59 Å². The summed E-state index contributed by atoms with van der Waals surface area (Å²) in [5.41, 5.74) is -1.19. The van der Waals surface area contributed by atoms with Crippen LogP contribution in [0.3, 0.4) is 0 Å². The summed E-state index contributed by atoms with van der Waals surface area (Å²) in [7, 11) is 3.95. The van der Waals surface area contributed by atoms with E-state index in [9.17, 15) is 14.7 Å². The molecular weight excluding hydrogens is 246 g/mol. The number of carboxylic acids is 1. The standard InChI is InChI=1S/C13H25N3O3/c1-5-13(2,11(17)18)14-12(19)16-8-6-7-10(16)9-15(3)4/h10H,5-9H2,1-4H3,(H,14,19)(H,17,18). The summed E-state index contributed by atoms with van der Waals surface area (Å²) in [5.74, 6) is -0.994. The molecule has 0 aromatic rings. The Balaban J connectivity index is 2.69. The number of carbonyl (C=O) groups excluding carboxylic acids is 1. The van der Waals surface area contributed by atoms with Crippen LogP contribution in [0.15, 0.2) is 0 Å². The average Bonchev–Trinajstić information content (AvgIpc) is 2.75. The molecule has 0 aromatic heterocycles. The maximum Gasteiger partial charge on any atom is 0.329 e. The van der Waals surface area contributed by atoms with Gasteiger partial charge in [0.25, 0.3) is 0 Å². The van der Waals surface area contributed by atoms with Crippen LogP contribution in [0.25, 0.3) is 0 Å². The highest BCUT2D eigenvalue weighted by atomic mass is 16.4. The number of aliphatic carboxylic acids is 1. The van der Waals surface area contributed by atoms with E-state index < -0.39 is 11.5 Å². The monoisotopic (exact) mass is 271 g/mol. The molecule has 1 aliphatic heterocycles. The van der Waals surface area contributed by atoms with Gasteiger partial charge in [-0.3, -0.25) is 0 Å². The number of hydrogen-bond acceptors (Lipinski definition) is 3. The van der Waals surface area contributed by atoms with Gasteiger partial charge in [-0.2, -0.15) is 0 Å². The molecule has 6 heteroatoms. The lowest BCUT2D eigenvalue weighted by molar-refractivity contribution is -0.143. The second kappa shape index (κ2) is 6.23. The van der Waals surface area contributed by atoms with Crippen LogP contribution >= 0.6 is 0 Å². The first-order chi connectivity index (χ1) is 8.80. The Hall–Kier alpha value is -1.30. The van der Waals surface area contributed by atoms with E-state index in [2.05, 4.69) is 5.32 Å². The third kappa shape index (κ3) is 3.83. The van der Waals surface area contributed by atoms with Crippen LogP contribution in [0.2, 0.25) is 0 Å². The number of hydrogen-bond donors (Lipinski definition) is 2. The van der Waals surface area contributed by atoms with Gasteiger partial charge in [-0.15, -0.1) is 0 Å². The van der Waals surface area contributed by atoms with Crippen molar-refractivity contribution in [3.63, 3.8) is 0 Å². The third-order valence-electron chi connectivity index (χ3n) is 3.78. The molecule has 1 saturated heterocycles. The van der Waals surface area contributed by atoms with Crippen molar-refractivity contribution < 1.29 is 14.7 Å². The fourth-order valence-electron chi connectivity index (χ4n) is 2.32. The molecule has 2 N–H and O–H groups in total. The Kier molecular flexibility index (Phi) is 5.17. The van der Waals surface area contributed by atoms with Gasteiger partial charge in [0.2, 0.25) is 0 Å². The number of amides is 2. The highest BCUT2D eigenvalue weighted by molar-refractivity contribution is 5.86. The van der Waals surface area contributed by atoms with E-state index in [0.717, 1.165) is 19.4 Å². The number of carboxylic acid groups (broad SMARTS) is 1. The number of urea groups is 1. The molecule has 0 aliphatic carbocycles. The number of likely N-dealkylation sites (tertiary alicyclic amines) is 1. The minimum Gasteiger partial charge on any atom is -0.480 e.